The number of rotatable bonds is 29. The van der Waals surface area contributed by atoms with Crippen LogP contribution in [-0.4, -0.2) is 130 Å². The first kappa shape index (κ1) is 58.4. The Morgan fingerprint density at radius 2 is 0.734 bits per heavy atom. The van der Waals surface area contributed by atoms with Crippen molar-refractivity contribution < 1.29 is 67.5 Å². The molecule has 0 aliphatic carbocycles. The number of hydrogen-bond donors (Lipinski definition) is 6. The van der Waals surface area contributed by atoms with Crippen LogP contribution in [0.2, 0.25) is 0 Å². The number of aliphatic imine (C=N–C) groups is 1. The zero-order valence-electron chi connectivity index (χ0n) is 39.1. The first-order chi connectivity index (χ1) is 30.0. The van der Waals surface area contributed by atoms with Gasteiger partial charge in [-0.05, 0) is 92.9 Å². The number of nitrogens with one attached hydrogen (secondary N) is 4. The molecule has 0 fully saturated rings. The Kier molecular flexibility index (Phi) is 28.5. The monoisotopic (exact) mass is 911 g/mol. The van der Waals surface area contributed by atoms with Crippen LogP contribution in [0.4, 0.5) is 0 Å². The third-order valence-corrected chi connectivity index (χ3v) is 9.93. The number of hydrazone groups is 3. The Morgan fingerprint density at radius 1 is 0.453 bits per heavy atom. The summed E-state index contributed by atoms with van der Waals surface area (Å²) in [5.74, 6) is -6.69. The van der Waals surface area contributed by atoms with E-state index in [1.807, 2.05) is 38.5 Å². The number of amides is 4. The van der Waals surface area contributed by atoms with Gasteiger partial charge in [0.15, 0.2) is 0 Å². The molecule has 0 radical (unpaired) electrons. The minimum absolute atomic E-state index is 0.0255. The van der Waals surface area contributed by atoms with Gasteiger partial charge >= 0.3 is 47.5 Å². The van der Waals surface area contributed by atoms with Crippen LogP contribution >= 0.6 is 0 Å². The molecule has 64 heavy (non-hydrogen) atoms. The van der Waals surface area contributed by atoms with Gasteiger partial charge in [-0.25, -0.2) is 16.3 Å². The number of aliphatic hydroxyl groups is 2. The Balaban J connectivity index is 4.37. The van der Waals surface area contributed by atoms with Crippen molar-refractivity contribution in [1.82, 2.24) is 21.6 Å². The van der Waals surface area contributed by atoms with Crippen molar-refractivity contribution in [2.24, 2.45) is 20.3 Å². The van der Waals surface area contributed by atoms with Gasteiger partial charge in [-0.2, -0.15) is 15.3 Å². The molecule has 2 unspecified atom stereocenters. The lowest BCUT2D eigenvalue weighted by Crippen LogP contribution is -2.50. The van der Waals surface area contributed by atoms with Crippen LogP contribution in [0.1, 0.15) is 146 Å². The van der Waals surface area contributed by atoms with E-state index in [0.29, 0.717) is 25.0 Å². The maximum Gasteiger partial charge on any atom is 0.331 e. The van der Waals surface area contributed by atoms with Gasteiger partial charge in [-0.15, -0.1) is 0 Å². The molecule has 0 saturated carbocycles. The molecule has 0 aliphatic rings. The highest BCUT2D eigenvalue weighted by molar-refractivity contribution is 6.35. The molecule has 0 bridgehead atoms. The van der Waals surface area contributed by atoms with Crippen molar-refractivity contribution in [3.63, 3.8) is 0 Å². The molecule has 0 aromatic carbocycles. The van der Waals surface area contributed by atoms with Crippen molar-refractivity contribution in [3.8, 4) is 0 Å². The summed E-state index contributed by atoms with van der Waals surface area (Å²) in [7, 11) is 0. The van der Waals surface area contributed by atoms with Gasteiger partial charge < -0.3 is 34.5 Å². The summed E-state index contributed by atoms with van der Waals surface area (Å²) in [6.07, 6.45) is 0.703. The Hall–Kier alpha value is -5.64. The summed E-state index contributed by atoms with van der Waals surface area (Å²) in [4.78, 5) is 101. The smallest absolute Gasteiger partial charge is 0.331 e. The van der Waals surface area contributed by atoms with Crippen LogP contribution < -0.4 is 21.6 Å². The van der Waals surface area contributed by atoms with Crippen molar-refractivity contribution >= 4 is 70.4 Å². The Labute approximate surface area is 375 Å². The second-order valence-corrected chi connectivity index (χ2v) is 15.7. The van der Waals surface area contributed by atoms with Gasteiger partial charge in [0.1, 0.15) is 38.6 Å². The normalized spacial score (nSPS) is 13.5. The topological polar surface area (TPSA) is 311 Å². The molecule has 6 N–H and O–H groups in total. The molecule has 0 aromatic rings. The Morgan fingerprint density at radius 3 is 1.02 bits per heavy atom. The second-order valence-electron chi connectivity index (χ2n) is 15.7. The summed E-state index contributed by atoms with van der Waals surface area (Å²) < 4.78 is 20.0. The molecule has 0 rings (SSSR count). The number of aliphatic hydroxyl groups excluding tert-OH is 2. The molecule has 0 spiro atoms. The second kappa shape index (κ2) is 31.2. The van der Waals surface area contributed by atoms with E-state index in [4.69, 9.17) is 18.9 Å². The molecule has 362 valence electrons. The summed E-state index contributed by atoms with van der Waals surface area (Å²) in [5, 5.41) is 34.1. The highest BCUT2D eigenvalue weighted by Crippen LogP contribution is 2.20. The lowest BCUT2D eigenvalue weighted by molar-refractivity contribution is -0.153. The Bertz CT molecular complexity index is 1700. The fourth-order valence-corrected chi connectivity index (χ4v) is 4.71. The maximum atomic E-state index is 12.1. The summed E-state index contributed by atoms with van der Waals surface area (Å²) in [5.41, 5.74) is 7.21. The van der Waals surface area contributed by atoms with Crippen molar-refractivity contribution in [2.75, 3.05) is 26.4 Å². The molecular weight excluding hydrogens is 841 g/mol. The van der Waals surface area contributed by atoms with Crippen LogP contribution in [0.5, 0.6) is 0 Å². The van der Waals surface area contributed by atoms with Crippen LogP contribution in [0.3, 0.4) is 0 Å². The summed E-state index contributed by atoms with van der Waals surface area (Å²) >= 11 is 0. The summed E-state index contributed by atoms with van der Waals surface area (Å²) in [6, 6.07) is 0. The van der Waals surface area contributed by atoms with E-state index in [0.717, 1.165) is 18.6 Å². The van der Waals surface area contributed by atoms with Crippen molar-refractivity contribution in [1.29, 1.82) is 0 Å². The van der Waals surface area contributed by atoms with Gasteiger partial charge in [0, 0.05) is 28.4 Å². The van der Waals surface area contributed by atoms with Crippen molar-refractivity contribution in [3.05, 3.63) is 0 Å². The largest absolute Gasteiger partial charge is 0.463 e. The molecule has 4 amide bonds. The first-order valence-electron chi connectivity index (χ1n) is 21.4. The number of esters is 4. The van der Waals surface area contributed by atoms with Gasteiger partial charge in [-0.3, -0.25) is 43.3 Å². The molecule has 22 nitrogen and oxygen atoms in total. The number of carbonyl (C=O) groups excluding carboxylic acids is 8. The number of nitrogens with zero attached hydrogens (tertiary/aromatic N) is 4. The molecule has 0 saturated heterocycles. The van der Waals surface area contributed by atoms with Gasteiger partial charge in [-0.1, -0.05) is 27.7 Å². The zero-order chi connectivity index (χ0) is 48.9. The zero-order valence-corrected chi connectivity index (χ0v) is 39.1. The lowest BCUT2D eigenvalue weighted by atomic mass is 9.95. The van der Waals surface area contributed by atoms with Crippen LogP contribution in [-0.2, 0) is 57.3 Å². The van der Waals surface area contributed by atoms with Gasteiger partial charge in [0.05, 0.1) is 31.2 Å². The third-order valence-electron chi connectivity index (χ3n) is 9.93. The average molecular weight is 911 g/mol. The summed E-state index contributed by atoms with van der Waals surface area (Å²) in [6.45, 7) is 16.5. The molecule has 0 aliphatic heterocycles. The highest BCUT2D eigenvalue weighted by atomic mass is 16.6. The first-order valence-corrected chi connectivity index (χ1v) is 21.4. The predicted molar refractivity (Wildman–Crippen MR) is 236 cm³/mol. The third kappa shape index (κ3) is 27.4. The SMILES string of the molecule is CCC(C)(CC)N=C(C)CCC(=O)OCC(O)COC(=O)CCC(C)=NNC(=O)C(=O)NN=C(C)CCC(=O)OCC(O)COC(=O)CCC(C)=NNC(=O)C(=O)NC(C)(CC)CC. The lowest BCUT2D eigenvalue weighted by Gasteiger charge is -2.27. The molecule has 22 heteroatoms. The van der Waals surface area contributed by atoms with E-state index < -0.39 is 85.1 Å². The minimum atomic E-state index is -1.32. The average Bonchev–Trinajstić information content (AvgIpc) is 3.28. The number of hydrogen-bond acceptors (Lipinski definition) is 18. The molecule has 0 heterocycles. The molecule has 0 aromatic heterocycles. The number of ether oxygens (including phenoxy) is 4. The van der Waals surface area contributed by atoms with Gasteiger partial charge in [0.25, 0.3) is 0 Å². The predicted octanol–water partition coefficient (Wildman–Crippen LogP) is 2.21. The van der Waals surface area contributed by atoms with E-state index in [1.165, 1.54) is 13.8 Å². The maximum absolute atomic E-state index is 12.1. The highest BCUT2D eigenvalue weighted by Gasteiger charge is 2.26. The van der Waals surface area contributed by atoms with E-state index in [1.54, 1.807) is 6.92 Å². The minimum Gasteiger partial charge on any atom is -0.463 e. The standard InChI is InChI=1S/C42H70N8O14/c1-11-41(9,12-2)43-27(5)15-19-33(53)61-23-31(51)24-62-35(55)21-17-29(7)46-49-39(59)40(60)50-47-30(8)18-22-36(56)64-26-32(52)25-63-34(54)20-16-28(6)45-48-38(58)37(57)44-42(10,13-3)14-4/h31-32,51-52H,11-26H2,1-10H3,(H,44,57)(H,48,58)(H,49,59)(H,50,60). The number of carbonyl (C=O) groups is 8. The van der Waals surface area contributed by atoms with Crippen LogP contribution in [0.15, 0.2) is 20.3 Å². The molecule has 2 atom stereocenters. The fraction of sp³-hybridized carbons (Fsp3) is 0.714. The van der Waals surface area contributed by atoms with E-state index in [2.05, 4.69) is 51.8 Å². The molecular formula is C42H70N8O14. The van der Waals surface area contributed by atoms with Crippen LogP contribution in [0, 0.1) is 0 Å². The van der Waals surface area contributed by atoms with E-state index in [9.17, 15) is 48.6 Å². The van der Waals surface area contributed by atoms with Crippen molar-refractivity contribution in [2.45, 2.75) is 170 Å². The van der Waals surface area contributed by atoms with Crippen LogP contribution in [0.25, 0.3) is 0 Å². The fourth-order valence-electron chi connectivity index (χ4n) is 4.71. The van der Waals surface area contributed by atoms with E-state index >= 15 is 0 Å². The quantitative estimate of drug-likeness (QED) is 0.0206. The van der Waals surface area contributed by atoms with Gasteiger partial charge in [0.2, 0.25) is 0 Å². The van der Waals surface area contributed by atoms with E-state index in [-0.39, 0.29) is 68.5 Å².